The zero-order valence-electron chi connectivity index (χ0n) is 55.2. The van der Waals surface area contributed by atoms with Crippen molar-refractivity contribution < 1.29 is 62.3 Å². The second-order valence-corrected chi connectivity index (χ2v) is 26.7. The molecule has 0 spiro atoms. The molecule has 2 bridgehead atoms. The van der Waals surface area contributed by atoms with E-state index in [2.05, 4.69) is 16.0 Å². The van der Waals surface area contributed by atoms with Crippen LogP contribution in [-0.2, 0) is 70.0 Å². The Morgan fingerprint density at radius 1 is 0.621 bits per heavy atom. The molecular formula is C65H101BN8O13. The lowest BCUT2D eigenvalue weighted by molar-refractivity contribution is -0.177. The van der Waals surface area contributed by atoms with Gasteiger partial charge >= 0.3 is 13.1 Å². The van der Waals surface area contributed by atoms with Gasteiger partial charge in [0.1, 0.15) is 36.3 Å². The molecule has 0 radical (unpaired) electrons. The van der Waals surface area contributed by atoms with E-state index in [0.717, 1.165) is 10.4 Å². The molecule has 12 atom stereocenters. The van der Waals surface area contributed by atoms with Crippen molar-refractivity contribution in [1.29, 1.82) is 0 Å². The number of carbonyl (C=O) groups excluding carboxylic acids is 9. The minimum Gasteiger partial charge on any atom is -0.450 e. The fraction of sp³-hybridized carbons (Fsp3) is 0.677. The molecule has 2 aromatic carbocycles. The lowest BCUT2D eigenvalue weighted by Gasteiger charge is -2.39. The molecule has 8 amide bonds. The third kappa shape index (κ3) is 17.1. The molecule has 0 aliphatic carbocycles. The minimum atomic E-state index is -1.98. The van der Waals surface area contributed by atoms with Crippen molar-refractivity contribution in [3.63, 3.8) is 0 Å². The van der Waals surface area contributed by atoms with Gasteiger partial charge in [-0.2, -0.15) is 0 Å². The van der Waals surface area contributed by atoms with Gasteiger partial charge in [0.05, 0.1) is 22.7 Å². The molecule has 3 aliphatic rings. The van der Waals surface area contributed by atoms with Crippen LogP contribution in [0.2, 0.25) is 0 Å². The van der Waals surface area contributed by atoms with Gasteiger partial charge in [0.2, 0.25) is 41.4 Å². The van der Waals surface area contributed by atoms with Crippen LogP contribution in [0.5, 0.6) is 0 Å². The Morgan fingerprint density at radius 2 is 1.16 bits per heavy atom. The van der Waals surface area contributed by atoms with Gasteiger partial charge in [-0.25, -0.2) is 4.79 Å². The Hall–Kier alpha value is -6.39. The number of ether oxygens (including phenoxy) is 1. The number of esters is 1. The second kappa shape index (κ2) is 29.7. The molecule has 4 N–H and O–H groups in total. The number of hydrogen-bond donors (Lipinski definition) is 4. The molecule has 12 unspecified atom stereocenters. The maximum Gasteiger partial charge on any atom is 0.494 e. The van der Waals surface area contributed by atoms with Gasteiger partial charge in [-0.05, 0) is 102 Å². The maximum absolute atomic E-state index is 15.5. The summed E-state index contributed by atoms with van der Waals surface area (Å²) in [6.07, 6.45) is -0.0240. The van der Waals surface area contributed by atoms with Crippen LogP contribution in [0.25, 0.3) is 0 Å². The maximum atomic E-state index is 15.5. The number of fused-ring (bicyclic) bond motifs is 2. The largest absolute Gasteiger partial charge is 0.494 e. The number of amides is 8. The highest BCUT2D eigenvalue weighted by Gasteiger charge is 2.52. The van der Waals surface area contributed by atoms with E-state index in [1.54, 1.807) is 37.8 Å². The zero-order valence-corrected chi connectivity index (χ0v) is 55.2. The van der Waals surface area contributed by atoms with E-state index in [1.165, 1.54) is 63.7 Å². The van der Waals surface area contributed by atoms with Gasteiger partial charge in [-0.15, -0.1) is 0 Å². The van der Waals surface area contributed by atoms with Crippen molar-refractivity contribution in [2.75, 3.05) is 41.3 Å². The van der Waals surface area contributed by atoms with Crippen molar-refractivity contribution in [2.45, 2.75) is 214 Å². The van der Waals surface area contributed by atoms with Gasteiger partial charge in [0.15, 0.2) is 12.1 Å². The number of benzene rings is 2. The minimum absolute atomic E-state index is 0.0142. The first-order chi connectivity index (χ1) is 40.5. The number of hydrogen-bond acceptors (Lipinski definition) is 13. The quantitative estimate of drug-likeness (QED) is 0.152. The topological polar surface area (TPSA) is 254 Å². The van der Waals surface area contributed by atoms with Crippen molar-refractivity contribution in [1.82, 2.24) is 40.4 Å². The molecule has 22 heteroatoms. The van der Waals surface area contributed by atoms with Crippen LogP contribution in [0.4, 0.5) is 0 Å². The Bertz CT molecular complexity index is 2740. The highest BCUT2D eigenvalue weighted by molar-refractivity contribution is 6.62. The summed E-state index contributed by atoms with van der Waals surface area (Å²) in [5, 5.41) is 20.5. The lowest BCUT2D eigenvalue weighted by atomic mass is 9.78. The predicted molar refractivity (Wildman–Crippen MR) is 332 cm³/mol. The average Bonchev–Trinajstić information content (AvgIpc) is 2.70. The van der Waals surface area contributed by atoms with Crippen molar-refractivity contribution in [3.8, 4) is 0 Å². The zero-order chi connectivity index (χ0) is 65.4. The van der Waals surface area contributed by atoms with Crippen LogP contribution in [-0.4, -0.2) is 196 Å². The fourth-order valence-corrected chi connectivity index (χ4v) is 11.5. The molecule has 0 saturated carbocycles. The lowest BCUT2D eigenvalue weighted by Crippen LogP contribution is -2.62. The van der Waals surface area contributed by atoms with Crippen molar-refractivity contribution in [2.24, 2.45) is 29.6 Å². The van der Waals surface area contributed by atoms with E-state index in [0.29, 0.717) is 30.4 Å². The molecular weight excluding hydrogens is 1110 g/mol. The summed E-state index contributed by atoms with van der Waals surface area (Å²) in [5.74, 6) is -8.69. The Balaban J connectivity index is 1.66. The predicted octanol–water partition coefficient (Wildman–Crippen LogP) is 4.28. The van der Waals surface area contributed by atoms with Gasteiger partial charge in [-0.1, -0.05) is 123 Å². The normalized spacial score (nSPS) is 27.6. The fourth-order valence-electron chi connectivity index (χ4n) is 11.5. The number of cyclic esters (lactones) is 1. The summed E-state index contributed by atoms with van der Waals surface area (Å²) in [6, 6.07) is 7.48. The Morgan fingerprint density at radius 3 is 1.70 bits per heavy atom. The first-order valence-electron chi connectivity index (χ1n) is 31.2. The van der Waals surface area contributed by atoms with Crippen LogP contribution in [0.3, 0.4) is 0 Å². The van der Waals surface area contributed by atoms with Crippen LogP contribution < -0.4 is 21.4 Å². The Labute approximate surface area is 517 Å². The van der Waals surface area contributed by atoms with Gasteiger partial charge < -0.3 is 59.6 Å². The number of aliphatic hydroxyl groups is 1. The summed E-state index contributed by atoms with van der Waals surface area (Å²) in [5.41, 5.74) is -1.04. The van der Waals surface area contributed by atoms with Gasteiger partial charge in [0.25, 0.3) is 5.91 Å². The van der Waals surface area contributed by atoms with Gasteiger partial charge in [0, 0.05) is 60.0 Å². The number of rotatable bonds is 14. The van der Waals surface area contributed by atoms with Crippen LogP contribution >= 0.6 is 0 Å². The third-order valence-corrected chi connectivity index (χ3v) is 18.7. The molecule has 2 aromatic rings. The number of nitrogens with one attached hydrogen (secondary N) is 3. The third-order valence-electron chi connectivity index (χ3n) is 18.7. The monoisotopic (exact) mass is 1210 g/mol. The smallest absolute Gasteiger partial charge is 0.450 e. The van der Waals surface area contributed by atoms with E-state index >= 15 is 19.2 Å². The highest BCUT2D eigenvalue weighted by Crippen LogP contribution is 2.37. The molecule has 3 heterocycles. The van der Waals surface area contributed by atoms with Gasteiger partial charge in [-0.3, -0.25) is 38.4 Å². The molecule has 21 nitrogen and oxygen atoms in total. The van der Waals surface area contributed by atoms with E-state index < -0.39 is 149 Å². The van der Waals surface area contributed by atoms with Crippen LogP contribution in [0.1, 0.15) is 147 Å². The summed E-state index contributed by atoms with van der Waals surface area (Å²) in [7, 11) is 5.01. The summed E-state index contributed by atoms with van der Waals surface area (Å²) in [4.78, 5) is 140. The van der Waals surface area contributed by atoms with E-state index in [9.17, 15) is 29.1 Å². The standard InChI is InChI=1S/C65H101BN8O13/c1-20-39(6)50-60(81)70(16)42(9)54(75)67-47(34-38(4)5)58(79)73(19)53(63(10,11)84)62(83)85-52(41(8)22-3)61(82)72(18)51(40(7)21-2)56(77)68-48(35-43-26-24-23-25-27-43)57(78)71(17)49(59(80)74-33-32-45(37-74)55(76)69-50)36-44-28-30-46(31-29-44)66-86-64(12,13)65(14,15)87-66/h23-31,38-42,45,47-53,84H,20-22,32-37H2,1-19H3,(H,67,75)(H,68,77)(H,69,76). The molecule has 3 aliphatic heterocycles. The SMILES string of the molecule is CCC(C)C1NC(=O)C2CCN(C2)C(=O)C(Cc2ccc(B3OC(C)(C)C(C)(C)O3)cc2)N(C)C(=O)C(Cc2ccccc2)NC(=O)C(C(C)CC)N(C)C(=O)C(C(C)CC)OC(=O)C(C(C)(C)O)N(C)C(=O)C(CC(C)C)NC(=O)C(C)N(C)C1=O. The summed E-state index contributed by atoms with van der Waals surface area (Å²) in [6.45, 7) is 26.6. The Kier molecular flexibility index (Phi) is 24.4. The molecule has 3 saturated heterocycles. The van der Waals surface area contributed by atoms with E-state index in [1.807, 2.05) is 105 Å². The van der Waals surface area contributed by atoms with Crippen molar-refractivity contribution >= 4 is 65.8 Å². The molecule has 482 valence electrons. The second-order valence-electron chi connectivity index (χ2n) is 26.7. The summed E-state index contributed by atoms with van der Waals surface area (Å²) < 4.78 is 18.8. The van der Waals surface area contributed by atoms with E-state index in [4.69, 9.17) is 14.0 Å². The first-order valence-corrected chi connectivity index (χ1v) is 31.2. The number of nitrogens with zero attached hydrogens (tertiary/aromatic N) is 5. The van der Waals surface area contributed by atoms with Crippen LogP contribution in [0.15, 0.2) is 54.6 Å². The molecule has 0 aromatic heterocycles. The average molecular weight is 1210 g/mol. The molecule has 3 fully saturated rings. The molecule has 5 rings (SSSR count). The van der Waals surface area contributed by atoms with Crippen molar-refractivity contribution in [3.05, 3.63) is 65.7 Å². The highest BCUT2D eigenvalue weighted by atomic mass is 16.7. The molecule has 87 heavy (non-hydrogen) atoms. The number of carbonyl (C=O) groups is 9. The first kappa shape index (κ1) is 71.4. The van der Waals surface area contributed by atoms with E-state index in [-0.39, 0.29) is 44.7 Å². The summed E-state index contributed by atoms with van der Waals surface area (Å²) >= 11 is 0. The van der Waals surface area contributed by atoms with Crippen LogP contribution in [0, 0.1) is 29.6 Å². The number of likely N-dealkylation sites (N-methyl/N-ethyl adjacent to an activating group) is 4.